The minimum atomic E-state index is -0.475. The number of halogens is 1. The molecule has 140 valence electrons. The lowest BCUT2D eigenvalue weighted by Gasteiger charge is -2.11. The number of amides is 2. The zero-order valence-corrected chi connectivity index (χ0v) is 15.7. The first-order valence-corrected chi connectivity index (χ1v) is 9.48. The normalized spacial score (nSPS) is 17.4. The van der Waals surface area contributed by atoms with E-state index in [2.05, 4.69) is 15.6 Å². The van der Waals surface area contributed by atoms with Gasteiger partial charge < -0.3 is 10.6 Å². The van der Waals surface area contributed by atoms with Gasteiger partial charge in [0.2, 0.25) is 0 Å². The number of hydrogen-bond acceptors (Lipinski definition) is 4. The number of thioether (sulfide) groups is 1. The lowest BCUT2D eigenvalue weighted by atomic mass is 10.2. The molecular formula is C21H16FN3O2S. The van der Waals surface area contributed by atoms with Crippen molar-refractivity contribution in [3.05, 3.63) is 87.6 Å². The molecule has 0 aliphatic carbocycles. The summed E-state index contributed by atoms with van der Waals surface area (Å²) >= 11 is 1.41. The van der Waals surface area contributed by atoms with Gasteiger partial charge in [-0.05, 0) is 54.3 Å². The van der Waals surface area contributed by atoms with E-state index in [1.54, 1.807) is 11.5 Å². The van der Waals surface area contributed by atoms with Gasteiger partial charge in [0.05, 0.1) is 5.70 Å². The lowest BCUT2D eigenvalue weighted by Crippen LogP contribution is -2.27. The van der Waals surface area contributed by atoms with Gasteiger partial charge in [-0.1, -0.05) is 30.0 Å². The minimum absolute atomic E-state index is 0.225. The fraction of sp³-hybridized carbons (Fsp3) is 0.0952. The van der Waals surface area contributed by atoms with Crippen LogP contribution in [-0.2, 0) is 4.79 Å². The lowest BCUT2D eigenvalue weighted by molar-refractivity contribution is -0.110. The van der Waals surface area contributed by atoms with Gasteiger partial charge in [0.15, 0.2) is 0 Å². The first-order chi connectivity index (χ1) is 13.5. The fourth-order valence-electron chi connectivity index (χ4n) is 2.94. The molecule has 0 aromatic heterocycles. The van der Waals surface area contributed by atoms with Crippen LogP contribution in [0.5, 0.6) is 0 Å². The van der Waals surface area contributed by atoms with E-state index in [1.165, 1.54) is 36.0 Å². The Labute approximate surface area is 165 Å². The van der Waals surface area contributed by atoms with Gasteiger partial charge >= 0.3 is 0 Å². The first-order valence-electron chi connectivity index (χ1n) is 8.60. The second-order valence-corrected chi connectivity index (χ2v) is 7.39. The van der Waals surface area contributed by atoms with E-state index in [9.17, 15) is 14.0 Å². The molecule has 2 aromatic rings. The zero-order chi connectivity index (χ0) is 19.7. The number of aryl methyl sites for hydroxylation is 1. The van der Waals surface area contributed by atoms with Crippen LogP contribution in [0.15, 0.2) is 75.6 Å². The van der Waals surface area contributed by atoms with Gasteiger partial charge in [0.25, 0.3) is 11.8 Å². The predicted octanol–water partition coefficient (Wildman–Crippen LogP) is 3.80. The molecule has 5 nitrogen and oxygen atoms in total. The summed E-state index contributed by atoms with van der Waals surface area (Å²) in [7, 11) is 0. The molecule has 0 spiro atoms. The summed E-state index contributed by atoms with van der Waals surface area (Å²) in [5.74, 6) is -1.19. The van der Waals surface area contributed by atoms with Crippen molar-refractivity contribution in [2.75, 3.05) is 5.32 Å². The molecule has 2 aromatic carbocycles. The van der Waals surface area contributed by atoms with Crippen LogP contribution in [0, 0.1) is 12.7 Å². The SMILES string of the molecule is Cc1cccc(NC(=O)C2=NC3C(NC(=O)c4cccc(F)c4)=CSC3=C2)c1. The average Bonchev–Trinajstić information content (AvgIpc) is 3.24. The zero-order valence-electron chi connectivity index (χ0n) is 14.9. The monoisotopic (exact) mass is 393 g/mol. The molecule has 0 radical (unpaired) electrons. The van der Waals surface area contributed by atoms with E-state index in [4.69, 9.17) is 0 Å². The third-order valence-corrected chi connectivity index (χ3v) is 5.27. The van der Waals surface area contributed by atoms with Crippen molar-refractivity contribution in [1.82, 2.24) is 5.32 Å². The maximum atomic E-state index is 13.3. The summed E-state index contributed by atoms with van der Waals surface area (Å²) in [6.07, 6.45) is 1.72. The molecule has 4 rings (SSSR count). The van der Waals surface area contributed by atoms with Crippen LogP contribution in [0.3, 0.4) is 0 Å². The molecular weight excluding hydrogens is 377 g/mol. The summed E-state index contributed by atoms with van der Waals surface area (Å²) in [5, 5.41) is 7.38. The Hall–Kier alpha value is -3.19. The van der Waals surface area contributed by atoms with Crippen LogP contribution < -0.4 is 10.6 Å². The molecule has 2 aliphatic rings. The number of carbonyl (C=O) groups is 2. The summed E-state index contributed by atoms with van der Waals surface area (Å²) in [5.41, 5.74) is 2.85. The summed E-state index contributed by atoms with van der Waals surface area (Å²) < 4.78 is 13.3. The topological polar surface area (TPSA) is 70.6 Å². The molecule has 2 N–H and O–H groups in total. The van der Waals surface area contributed by atoms with E-state index >= 15 is 0 Å². The number of carbonyl (C=O) groups excluding carboxylic acids is 2. The number of aliphatic imine (C=N–C) groups is 1. The standard InChI is InChI=1S/C21H16FN3O2S/c1-12-4-2-7-15(8-12)23-21(27)16-10-18-19(24-16)17(11-28-18)25-20(26)13-5-3-6-14(22)9-13/h2-11,19H,1H3,(H,23,27)(H,25,26). The number of benzene rings is 2. The van der Waals surface area contributed by atoms with Gasteiger partial charge in [-0.15, -0.1) is 0 Å². The number of rotatable bonds is 4. The summed E-state index contributed by atoms with van der Waals surface area (Å²) in [6, 6.07) is 12.6. The summed E-state index contributed by atoms with van der Waals surface area (Å²) in [4.78, 5) is 30.2. The molecule has 0 fully saturated rings. The van der Waals surface area contributed by atoms with E-state index in [-0.39, 0.29) is 11.5 Å². The molecule has 0 saturated carbocycles. The van der Waals surface area contributed by atoms with Crippen molar-refractivity contribution in [2.24, 2.45) is 4.99 Å². The molecule has 2 heterocycles. The highest BCUT2D eigenvalue weighted by molar-refractivity contribution is 8.06. The molecule has 28 heavy (non-hydrogen) atoms. The van der Waals surface area contributed by atoms with Gasteiger partial charge in [-0.3, -0.25) is 14.6 Å². The van der Waals surface area contributed by atoms with Crippen LogP contribution >= 0.6 is 11.8 Å². The quantitative estimate of drug-likeness (QED) is 0.830. The first kappa shape index (κ1) is 18.2. The highest BCUT2D eigenvalue weighted by Gasteiger charge is 2.32. The number of hydrogen-bond donors (Lipinski definition) is 2. The predicted molar refractivity (Wildman–Crippen MR) is 109 cm³/mol. The second kappa shape index (κ2) is 7.44. The Morgan fingerprint density at radius 1 is 1.07 bits per heavy atom. The molecule has 1 atom stereocenters. The second-order valence-electron chi connectivity index (χ2n) is 6.44. The largest absolute Gasteiger partial charge is 0.323 e. The number of anilines is 1. The third-order valence-electron chi connectivity index (χ3n) is 4.29. The molecule has 2 aliphatic heterocycles. The van der Waals surface area contributed by atoms with Crippen molar-refractivity contribution >= 4 is 35.0 Å². The van der Waals surface area contributed by atoms with Crippen molar-refractivity contribution in [3.63, 3.8) is 0 Å². The Bertz CT molecular complexity index is 1070. The van der Waals surface area contributed by atoms with Gasteiger partial charge in [-0.25, -0.2) is 4.39 Å². The highest BCUT2D eigenvalue weighted by atomic mass is 32.2. The average molecular weight is 393 g/mol. The van der Waals surface area contributed by atoms with Crippen LogP contribution in [0.25, 0.3) is 0 Å². The number of fused-ring (bicyclic) bond motifs is 1. The molecule has 0 bridgehead atoms. The van der Waals surface area contributed by atoms with Crippen LogP contribution in [0.2, 0.25) is 0 Å². The molecule has 0 saturated heterocycles. The Morgan fingerprint density at radius 3 is 2.68 bits per heavy atom. The van der Waals surface area contributed by atoms with Crippen LogP contribution in [0.1, 0.15) is 15.9 Å². The summed E-state index contributed by atoms with van der Waals surface area (Å²) in [6.45, 7) is 1.95. The fourth-order valence-corrected chi connectivity index (χ4v) is 3.88. The Morgan fingerprint density at radius 2 is 1.89 bits per heavy atom. The highest BCUT2D eigenvalue weighted by Crippen LogP contribution is 2.38. The van der Waals surface area contributed by atoms with Gasteiger partial charge in [0.1, 0.15) is 17.6 Å². The number of nitrogens with zero attached hydrogens (tertiary/aromatic N) is 1. The van der Waals surface area contributed by atoms with Gasteiger partial charge in [-0.2, -0.15) is 0 Å². The van der Waals surface area contributed by atoms with Crippen molar-refractivity contribution in [2.45, 2.75) is 13.0 Å². The number of nitrogens with one attached hydrogen (secondary N) is 2. The van der Waals surface area contributed by atoms with Crippen molar-refractivity contribution in [1.29, 1.82) is 0 Å². The molecule has 7 heteroatoms. The smallest absolute Gasteiger partial charge is 0.273 e. The maximum Gasteiger partial charge on any atom is 0.273 e. The van der Waals surface area contributed by atoms with Crippen molar-refractivity contribution < 1.29 is 14.0 Å². The van der Waals surface area contributed by atoms with Crippen molar-refractivity contribution in [3.8, 4) is 0 Å². The van der Waals surface area contributed by atoms with Crippen LogP contribution in [0.4, 0.5) is 10.1 Å². The van der Waals surface area contributed by atoms with E-state index in [1.807, 2.05) is 31.2 Å². The minimum Gasteiger partial charge on any atom is -0.323 e. The molecule has 1 unspecified atom stereocenters. The maximum absolute atomic E-state index is 13.3. The van der Waals surface area contributed by atoms with E-state index < -0.39 is 17.8 Å². The van der Waals surface area contributed by atoms with E-state index in [0.29, 0.717) is 17.1 Å². The Kier molecular flexibility index (Phi) is 4.83. The van der Waals surface area contributed by atoms with Gasteiger partial charge in [0, 0.05) is 16.2 Å². The van der Waals surface area contributed by atoms with E-state index in [0.717, 1.165) is 10.5 Å². The third kappa shape index (κ3) is 3.75. The Balaban J connectivity index is 1.45. The molecule has 2 amide bonds. The van der Waals surface area contributed by atoms with Crippen LogP contribution in [-0.4, -0.2) is 23.6 Å².